The highest BCUT2D eigenvalue weighted by atomic mass is 32.2. The van der Waals surface area contributed by atoms with Crippen LogP contribution in [0.4, 0.5) is 0 Å². The molecule has 6 heteroatoms. The lowest BCUT2D eigenvalue weighted by Gasteiger charge is -2.27. The van der Waals surface area contributed by atoms with E-state index < -0.39 is 0 Å². The van der Waals surface area contributed by atoms with E-state index in [1.54, 1.807) is 18.3 Å². The third kappa shape index (κ3) is 3.25. The fraction of sp³-hybridized carbons (Fsp3) is 0.389. The first-order valence-corrected chi connectivity index (χ1v) is 9.62. The zero-order valence-corrected chi connectivity index (χ0v) is 15.6. The molecule has 124 valence electrons. The van der Waals surface area contributed by atoms with E-state index in [1.807, 2.05) is 18.4 Å². The van der Waals surface area contributed by atoms with E-state index in [0.29, 0.717) is 10.6 Å². The molecule has 1 atom stereocenters. The number of ketones is 1. The summed E-state index contributed by atoms with van der Waals surface area (Å²) in [6, 6.07) is 6.41. The van der Waals surface area contributed by atoms with Crippen LogP contribution in [0, 0.1) is 11.3 Å². The van der Waals surface area contributed by atoms with Crippen molar-refractivity contribution >= 4 is 28.9 Å². The van der Waals surface area contributed by atoms with E-state index >= 15 is 0 Å². The zero-order chi connectivity index (χ0) is 17.3. The Hall–Kier alpha value is -1.68. The second-order valence-electron chi connectivity index (χ2n) is 6.04. The van der Waals surface area contributed by atoms with Gasteiger partial charge in [0.05, 0.1) is 10.8 Å². The van der Waals surface area contributed by atoms with Crippen molar-refractivity contribution in [3.8, 4) is 16.5 Å². The monoisotopic (exact) mass is 357 g/mol. The van der Waals surface area contributed by atoms with E-state index in [4.69, 9.17) is 4.98 Å². The number of likely N-dealkylation sites (N-methyl/N-ethyl adjacent to an activating group) is 1. The minimum Gasteiger partial charge on any atom is -0.302 e. The van der Waals surface area contributed by atoms with Crippen molar-refractivity contribution in [1.82, 2.24) is 9.88 Å². The number of nitrogens with zero attached hydrogens (tertiary/aromatic N) is 3. The van der Waals surface area contributed by atoms with Gasteiger partial charge in [0.15, 0.2) is 0 Å². The predicted octanol–water partition coefficient (Wildman–Crippen LogP) is 3.74. The Morgan fingerprint density at radius 2 is 2.33 bits per heavy atom. The van der Waals surface area contributed by atoms with Gasteiger partial charge in [0.1, 0.15) is 16.9 Å². The number of carbonyl (C=O) groups excluding carboxylic acids is 1. The number of hydrogen-bond acceptors (Lipinski definition) is 6. The second-order valence-corrected chi connectivity index (χ2v) is 8.32. The molecule has 1 aliphatic rings. The number of fused-ring (bicyclic) bond motifs is 1. The summed E-state index contributed by atoms with van der Waals surface area (Å²) in [5.41, 5.74) is 3.82. The first-order chi connectivity index (χ1) is 11.5. The molecule has 24 heavy (non-hydrogen) atoms. The Kier molecular flexibility index (Phi) is 5.04. The summed E-state index contributed by atoms with van der Waals surface area (Å²) in [6.07, 6.45) is 0.873. The van der Waals surface area contributed by atoms with E-state index in [9.17, 15) is 10.1 Å². The fourth-order valence-electron chi connectivity index (χ4n) is 2.80. The second kappa shape index (κ2) is 7.06. The number of nitriles is 1. The summed E-state index contributed by atoms with van der Waals surface area (Å²) in [4.78, 5) is 19.8. The quantitative estimate of drug-likeness (QED) is 0.780. The van der Waals surface area contributed by atoms with Gasteiger partial charge in [-0.3, -0.25) is 4.79 Å². The Bertz CT molecular complexity index is 809. The molecular formula is C18H19N3OS2. The van der Waals surface area contributed by atoms with Gasteiger partial charge in [-0.15, -0.1) is 11.3 Å². The molecule has 1 unspecified atom stereocenters. The molecule has 0 N–H and O–H groups in total. The highest BCUT2D eigenvalue weighted by molar-refractivity contribution is 8.00. The lowest BCUT2D eigenvalue weighted by atomic mass is 9.96. The number of hydrogen-bond donors (Lipinski definition) is 0. The van der Waals surface area contributed by atoms with Crippen molar-refractivity contribution in [2.45, 2.75) is 37.1 Å². The van der Waals surface area contributed by atoms with Gasteiger partial charge in [-0.05, 0) is 37.9 Å². The van der Waals surface area contributed by atoms with Crippen LogP contribution in [0.3, 0.4) is 0 Å². The summed E-state index contributed by atoms with van der Waals surface area (Å²) >= 11 is 3.04. The Labute approximate surface area is 150 Å². The summed E-state index contributed by atoms with van der Waals surface area (Å²) in [6.45, 7) is 5.21. The van der Waals surface area contributed by atoms with Gasteiger partial charge >= 0.3 is 0 Å². The highest BCUT2D eigenvalue weighted by Crippen LogP contribution is 2.39. The average molecular weight is 358 g/mol. The van der Waals surface area contributed by atoms with Crippen LogP contribution in [-0.2, 0) is 17.8 Å². The van der Waals surface area contributed by atoms with Crippen LogP contribution >= 0.6 is 23.1 Å². The predicted molar refractivity (Wildman–Crippen MR) is 98.3 cm³/mol. The van der Waals surface area contributed by atoms with Crippen LogP contribution in [0.2, 0.25) is 0 Å². The molecule has 0 spiro atoms. The van der Waals surface area contributed by atoms with E-state index in [2.05, 4.69) is 24.1 Å². The zero-order valence-electron chi connectivity index (χ0n) is 14.0. The highest BCUT2D eigenvalue weighted by Gasteiger charge is 2.26. The molecule has 0 saturated heterocycles. The molecule has 2 aromatic heterocycles. The molecular weight excluding hydrogens is 338 g/mol. The summed E-state index contributed by atoms with van der Waals surface area (Å²) in [7, 11) is 2.09. The molecule has 0 saturated carbocycles. The van der Waals surface area contributed by atoms with Crippen molar-refractivity contribution in [1.29, 1.82) is 5.26 Å². The maximum Gasteiger partial charge on any atom is 0.142 e. The number of pyridine rings is 1. The van der Waals surface area contributed by atoms with Gasteiger partial charge in [0, 0.05) is 35.6 Å². The Morgan fingerprint density at radius 1 is 1.54 bits per heavy atom. The molecule has 0 fully saturated rings. The SMILES string of the molecule is CC(=O)C(C)Sc1nc2c(c(-c3cccs3)c1C#N)CN(C)CC2. The molecule has 0 aromatic carbocycles. The minimum atomic E-state index is -0.204. The van der Waals surface area contributed by atoms with Crippen molar-refractivity contribution in [3.05, 3.63) is 34.3 Å². The Balaban J connectivity index is 2.20. The van der Waals surface area contributed by atoms with Crippen molar-refractivity contribution in [2.24, 2.45) is 0 Å². The fourth-order valence-corrected chi connectivity index (χ4v) is 4.54. The first-order valence-electron chi connectivity index (χ1n) is 7.86. The van der Waals surface area contributed by atoms with E-state index in [1.165, 1.54) is 11.8 Å². The first kappa shape index (κ1) is 17.2. The van der Waals surface area contributed by atoms with Gasteiger partial charge in [0.25, 0.3) is 0 Å². The van der Waals surface area contributed by atoms with Crippen LogP contribution in [0.25, 0.3) is 10.4 Å². The standard InChI is InChI=1S/C18H19N3OS2/c1-11(22)12(2)24-18-13(9-19)17(16-5-4-8-23-16)14-10-21(3)7-6-15(14)20-18/h4-5,8,12H,6-7,10H2,1-3H3. The molecule has 1 aliphatic heterocycles. The average Bonchev–Trinajstić information content (AvgIpc) is 3.07. The maximum absolute atomic E-state index is 11.7. The molecule has 4 nitrogen and oxygen atoms in total. The van der Waals surface area contributed by atoms with E-state index in [0.717, 1.165) is 41.2 Å². The molecule has 3 rings (SSSR count). The number of thioether (sulfide) groups is 1. The summed E-state index contributed by atoms with van der Waals surface area (Å²) in [5.74, 6) is 0.0980. The minimum absolute atomic E-state index is 0.0980. The third-order valence-electron chi connectivity index (χ3n) is 4.25. The van der Waals surface area contributed by atoms with Crippen LogP contribution in [0.15, 0.2) is 22.5 Å². The van der Waals surface area contributed by atoms with Gasteiger partial charge in [-0.25, -0.2) is 4.98 Å². The van der Waals surface area contributed by atoms with Crippen LogP contribution in [0.5, 0.6) is 0 Å². The van der Waals surface area contributed by atoms with Crippen molar-refractivity contribution in [2.75, 3.05) is 13.6 Å². The third-order valence-corrected chi connectivity index (χ3v) is 6.34. The van der Waals surface area contributed by atoms with Gasteiger partial charge in [0.2, 0.25) is 0 Å². The number of Topliss-reactive ketones (excluding diaryl/α,β-unsaturated/α-hetero) is 1. The molecule has 3 heterocycles. The molecule has 0 radical (unpaired) electrons. The van der Waals surface area contributed by atoms with Gasteiger partial charge in [-0.2, -0.15) is 5.26 Å². The Morgan fingerprint density at radius 3 is 2.96 bits per heavy atom. The number of aromatic nitrogens is 1. The molecule has 2 aromatic rings. The topological polar surface area (TPSA) is 57.0 Å². The smallest absolute Gasteiger partial charge is 0.142 e. The molecule has 0 bridgehead atoms. The lowest BCUT2D eigenvalue weighted by molar-refractivity contribution is -0.116. The summed E-state index contributed by atoms with van der Waals surface area (Å²) in [5, 5.41) is 12.3. The maximum atomic E-state index is 11.7. The van der Waals surface area contributed by atoms with Crippen LogP contribution < -0.4 is 0 Å². The lowest BCUT2D eigenvalue weighted by Crippen LogP contribution is -2.28. The van der Waals surface area contributed by atoms with Crippen molar-refractivity contribution < 1.29 is 4.79 Å². The summed E-state index contributed by atoms with van der Waals surface area (Å²) < 4.78 is 0. The molecule has 0 aliphatic carbocycles. The van der Waals surface area contributed by atoms with Crippen LogP contribution in [-0.4, -0.2) is 34.5 Å². The van der Waals surface area contributed by atoms with Crippen molar-refractivity contribution in [3.63, 3.8) is 0 Å². The van der Waals surface area contributed by atoms with Gasteiger partial charge < -0.3 is 4.90 Å². The number of carbonyl (C=O) groups is 1. The largest absolute Gasteiger partial charge is 0.302 e. The van der Waals surface area contributed by atoms with E-state index in [-0.39, 0.29) is 11.0 Å². The number of thiophene rings is 1. The van der Waals surface area contributed by atoms with Gasteiger partial charge in [-0.1, -0.05) is 17.8 Å². The van der Waals surface area contributed by atoms with Crippen LogP contribution in [0.1, 0.15) is 30.7 Å². The normalized spacial score (nSPS) is 15.6. The molecule has 0 amide bonds. The number of rotatable bonds is 4.